The molecule has 0 spiro atoms. The Morgan fingerprint density at radius 2 is 0.455 bits per heavy atom. The third kappa shape index (κ3) is 800. The standard InChI is InChI=1S/2F4P.Mg/c2*1-5(2,3)4;/q2*-1;+2. The molecule has 0 aromatic heterocycles. The van der Waals surface area contributed by atoms with Crippen LogP contribution >= 0.6 is 17.0 Å². The molecule has 0 fully saturated rings. The number of halogens is 8. The van der Waals surface area contributed by atoms with Crippen LogP contribution in [0.4, 0.5) is 33.6 Å². The van der Waals surface area contributed by atoms with Gasteiger partial charge in [-0.3, -0.25) is 0 Å². The summed E-state index contributed by atoms with van der Waals surface area (Å²) in [6, 6.07) is 0. The Bertz CT molecular complexity index is 55.1. The van der Waals surface area contributed by atoms with Gasteiger partial charge in [0.05, 0.1) is 0 Å². The van der Waals surface area contributed by atoms with Gasteiger partial charge in [-0.1, -0.05) is 0 Å². The van der Waals surface area contributed by atoms with Gasteiger partial charge in [-0.15, -0.1) is 0 Å². The maximum Gasteiger partial charge on any atom is 2.00 e. The molecule has 68 valence electrons. The molecule has 11 heteroatoms. The molecule has 0 unspecified atom stereocenters. The van der Waals surface area contributed by atoms with Crippen molar-refractivity contribution in [3.05, 3.63) is 0 Å². The normalized spacial score (nSPS) is 13.8. The van der Waals surface area contributed by atoms with Crippen molar-refractivity contribution in [3.63, 3.8) is 0 Å². The molecule has 0 radical (unpaired) electrons. The van der Waals surface area contributed by atoms with Crippen LogP contribution in [0.15, 0.2) is 0 Å². The molecular formula is F8MgP2. The minimum Gasteiger partial charge on any atom is 2.00 e. The summed E-state index contributed by atoms with van der Waals surface area (Å²) < 4.78 is 78.4. The summed E-state index contributed by atoms with van der Waals surface area (Å²) in [5.41, 5.74) is 0. The average Bonchev–Trinajstić information content (AvgIpc) is 1.12. The van der Waals surface area contributed by atoms with Crippen molar-refractivity contribution in [1.29, 1.82) is 0 Å². The summed E-state index contributed by atoms with van der Waals surface area (Å²) in [5, 5.41) is 0. The predicted molar refractivity (Wildman–Crippen MR) is 28.5 cm³/mol. The summed E-state index contributed by atoms with van der Waals surface area (Å²) in [4.78, 5) is 0. The largest absolute Gasteiger partial charge is 2.00 e. The van der Waals surface area contributed by atoms with E-state index in [1.165, 1.54) is 0 Å². The maximum absolute atomic E-state index is 9.80. The van der Waals surface area contributed by atoms with Crippen LogP contribution in [0.2, 0.25) is 0 Å². The van der Waals surface area contributed by atoms with Gasteiger partial charge in [-0.2, -0.15) is 0 Å². The Morgan fingerprint density at radius 1 is 0.455 bits per heavy atom. The van der Waals surface area contributed by atoms with E-state index in [0.29, 0.717) is 0 Å². The van der Waals surface area contributed by atoms with E-state index in [4.69, 9.17) is 0 Å². The zero-order chi connectivity index (χ0) is 9.00. The van der Waals surface area contributed by atoms with Crippen molar-refractivity contribution >= 4 is 40.1 Å². The van der Waals surface area contributed by atoms with E-state index in [0.717, 1.165) is 0 Å². The first-order chi connectivity index (χ1) is 4.00. The molecule has 0 aliphatic rings. The fraction of sp³-hybridized carbons (Fsp3) is 0. The second kappa shape index (κ2) is 6.57. The number of rotatable bonds is 0. The van der Waals surface area contributed by atoms with Gasteiger partial charge < -0.3 is 0 Å². The number of hydrogen-bond acceptors (Lipinski definition) is 0. The van der Waals surface area contributed by atoms with E-state index in [1.807, 2.05) is 0 Å². The molecule has 0 aromatic rings. The molecule has 0 nitrogen and oxygen atoms in total. The third-order valence-corrected chi connectivity index (χ3v) is 0. The van der Waals surface area contributed by atoms with E-state index < -0.39 is 17.0 Å². The average molecular weight is 238 g/mol. The first kappa shape index (κ1) is 18.0. The molecule has 0 aliphatic heterocycles. The SMILES string of the molecule is F[P-](F)(F)F.F[P-](F)(F)F.[Mg+2]. The third-order valence-electron chi connectivity index (χ3n) is 0. The van der Waals surface area contributed by atoms with Crippen molar-refractivity contribution in [2.24, 2.45) is 0 Å². The van der Waals surface area contributed by atoms with Crippen molar-refractivity contribution in [1.82, 2.24) is 0 Å². The van der Waals surface area contributed by atoms with Crippen molar-refractivity contribution in [2.45, 2.75) is 0 Å². The van der Waals surface area contributed by atoms with Crippen LogP contribution in [-0.2, 0) is 0 Å². The van der Waals surface area contributed by atoms with E-state index in [1.54, 1.807) is 0 Å². The van der Waals surface area contributed by atoms with Gasteiger partial charge in [-0.25, -0.2) is 0 Å². The van der Waals surface area contributed by atoms with E-state index in [2.05, 4.69) is 0 Å². The van der Waals surface area contributed by atoms with Crippen LogP contribution in [0, 0.1) is 0 Å². The molecule has 0 rings (SSSR count). The predicted octanol–water partition coefficient (Wildman–Crippen LogP) is 4.70. The van der Waals surface area contributed by atoms with Crippen LogP contribution in [0.25, 0.3) is 0 Å². The molecule has 0 bridgehead atoms. The Balaban J connectivity index is -0.000000107. The van der Waals surface area contributed by atoms with Gasteiger partial charge in [0, 0.05) is 0 Å². The topological polar surface area (TPSA) is 0 Å². The van der Waals surface area contributed by atoms with E-state index >= 15 is 0 Å². The second-order valence-corrected chi connectivity index (χ2v) is 2.30. The molecule has 0 saturated carbocycles. The summed E-state index contributed by atoms with van der Waals surface area (Å²) in [5.74, 6) is 0. The summed E-state index contributed by atoms with van der Waals surface area (Å²) in [7, 11) is -12.8. The zero-order valence-electron chi connectivity index (χ0n) is 4.63. The molecule has 0 atom stereocenters. The minimum absolute atomic E-state index is 0. The fourth-order valence-corrected chi connectivity index (χ4v) is 0. The Labute approximate surface area is 74.1 Å². The van der Waals surface area contributed by atoms with Crippen molar-refractivity contribution in [2.75, 3.05) is 0 Å². The van der Waals surface area contributed by atoms with Gasteiger partial charge in [0.25, 0.3) is 0 Å². The van der Waals surface area contributed by atoms with E-state index in [-0.39, 0.29) is 23.1 Å². The zero-order valence-corrected chi connectivity index (χ0v) is 7.83. The van der Waals surface area contributed by atoms with E-state index in [9.17, 15) is 33.6 Å². The molecular weight excluding hydrogens is 238 g/mol. The quantitative estimate of drug-likeness (QED) is 0.326. The van der Waals surface area contributed by atoms with Crippen molar-refractivity contribution in [3.8, 4) is 0 Å². The van der Waals surface area contributed by atoms with Crippen LogP contribution in [0.1, 0.15) is 0 Å². The van der Waals surface area contributed by atoms with Crippen LogP contribution in [0.5, 0.6) is 0 Å². The second-order valence-electron chi connectivity index (χ2n) is 0.767. The molecule has 0 aromatic carbocycles. The van der Waals surface area contributed by atoms with Crippen molar-refractivity contribution < 1.29 is 33.6 Å². The van der Waals surface area contributed by atoms with Gasteiger partial charge in [0.1, 0.15) is 0 Å². The van der Waals surface area contributed by atoms with Gasteiger partial charge in [-0.05, 0) is 0 Å². The van der Waals surface area contributed by atoms with Gasteiger partial charge >= 0.3 is 73.6 Å². The molecule has 11 heavy (non-hydrogen) atoms. The van der Waals surface area contributed by atoms with Crippen LogP contribution < -0.4 is 0 Å². The molecule has 0 N–H and O–H groups in total. The van der Waals surface area contributed by atoms with Crippen LogP contribution in [0.3, 0.4) is 0 Å². The van der Waals surface area contributed by atoms with Gasteiger partial charge in [0.2, 0.25) is 0 Å². The maximum atomic E-state index is 9.80. The molecule has 0 heterocycles. The van der Waals surface area contributed by atoms with Crippen LogP contribution in [-0.4, -0.2) is 23.1 Å². The summed E-state index contributed by atoms with van der Waals surface area (Å²) >= 11 is 0. The monoisotopic (exact) mass is 238 g/mol. The minimum atomic E-state index is -6.39. The molecule has 0 amide bonds. The summed E-state index contributed by atoms with van der Waals surface area (Å²) in [6.07, 6.45) is 0. The first-order valence-electron chi connectivity index (χ1n) is 1.35. The molecule has 0 saturated heterocycles. The van der Waals surface area contributed by atoms with Gasteiger partial charge in [0.15, 0.2) is 0 Å². The number of hydrogen-bond donors (Lipinski definition) is 0. The molecule has 0 aliphatic carbocycles. The Kier molecular flexibility index (Phi) is 10.7. The fourth-order valence-electron chi connectivity index (χ4n) is 0. The Morgan fingerprint density at radius 3 is 0.455 bits per heavy atom. The first-order valence-corrected chi connectivity index (χ1v) is 4.06. The Hall–Kier alpha value is 1.07. The smallest absolute Gasteiger partial charge is 2.00 e. The summed E-state index contributed by atoms with van der Waals surface area (Å²) in [6.45, 7) is 0.